The Kier molecular flexibility index (Phi) is 7.30. The molecule has 3 atom stereocenters. The van der Waals surface area contributed by atoms with Gasteiger partial charge in [0.2, 0.25) is 0 Å². The smallest absolute Gasteiger partial charge is 0.381 e. The summed E-state index contributed by atoms with van der Waals surface area (Å²) in [7, 11) is -6.93. The van der Waals surface area contributed by atoms with Crippen molar-refractivity contribution in [1.82, 2.24) is 0 Å². The third kappa shape index (κ3) is 5.66. The van der Waals surface area contributed by atoms with Crippen LogP contribution in [0.2, 0.25) is 0 Å². The summed E-state index contributed by atoms with van der Waals surface area (Å²) in [5.74, 6) is -4.81. The van der Waals surface area contributed by atoms with Crippen molar-refractivity contribution >= 4 is 10.1 Å². The van der Waals surface area contributed by atoms with Gasteiger partial charge in [-0.25, -0.2) is 4.74 Å². The third-order valence-corrected chi connectivity index (χ3v) is 7.27. The molecule has 3 unspecified atom stereocenters. The van der Waals surface area contributed by atoms with Crippen LogP contribution in [0.1, 0.15) is 58.8 Å². The SMILES string of the molecule is CC1(COCCCC(F)(F)C(F)(F)OC(F)(F)C(F)(F)S(=O)(=O)O)CCCC2(C)CC2C1. The van der Waals surface area contributed by atoms with E-state index < -0.39 is 53.0 Å². The van der Waals surface area contributed by atoms with Crippen molar-refractivity contribution in [1.29, 1.82) is 0 Å². The lowest BCUT2D eigenvalue weighted by Gasteiger charge is -2.32. The van der Waals surface area contributed by atoms with Crippen molar-refractivity contribution in [2.75, 3.05) is 13.2 Å². The van der Waals surface area contributed by atoms with Crippen LogP contribution in [0, 0.1) is 16.7 Å². The molecule has 5 nitrogen and oxygen atoms in total. The second-order valence-corrected chi connectivity index (χ2v) is 10.9. The Morgan fingerprint density at radius 1 is 0.969 bits per heavy atom. The van der Waals surface area contributed by atoms with Gasteiger partial charge in [-0.15, -0.1) is 0 Å². The first-order valence-corrected chi connectivity index (χ1v) is 11.4. The molecule has 2 fully saturated rings. The van der Waals surface area contributed by atoms with E-state index in [1.54, 1.807) is 0 Å². The maximum atomic E-state index is 13.7. The molecule has 0 bridgehead atoms. The van der Waals surface area contributed by atoms with Crippen LogP contribution >= 0.6 is 0 Å². The molecule has 0 spiro atoms. The van der Waals surface area contributed by atoms with Crippen molar-refractivity contribution < 1.29 is 57.6 Å². The molecule has 0 aliphatic heterocycles. The average molecular weight is 506 g/mol. The van der Waals surface area contributed by atoms with Crippen LogP contribution in [-0.4, -0.2) is 49.6 Å². The first-order valence-electron chi connectivity index (χ1n) is 9.94. The number of hydrogen-bond acceptors (Lipinski definition) is 4. The van der Waals surface area contributed by atoms with E-state index in [1.807, 2.05) is 6.92 Å². The van der Waals surface area contributed by atoms with E-state index in [0.717, 1.165) is 32.1 Å². The Balaban J connectivity index is 1.86. The number of hydrogen-bond donors (Lipinski definition) is 1. The highest BCUT2D eigenvalue weighted by Crippen LogP contribution is 2.62. The minimum absolute atomic E-state index is 0.191. The van der Waals surface area contributed by atoms with Crippen molar-refractivity contribution in [3.63, 3.8) is 0 Å². The predicted octanol–water partition coefficient (Wildman–Crippen LogP) is 5.71. The van der Waals surface area contributed by atoms with E-state index in [1.165, 1.54) is 0 Å². The summed E-state index contributed by atoms with van der Waals surface area (Å²) in [5.41, 5.74) is 0.109. The minimum Gasteiger partial charge on any atom is -0.381 e. The van der Waals surface area contributed by atoms with Gasteiger partial charge in [0.25, 0.3) is 0 Å². The Labute approximate surface area is 180 Å². The molecule has 2 aliphatic carbocycles. The van der Waals surface area contributed by atoms with Crippen LogP contribution in [0.5, 0.6) is 0 Å². The van der Waals surface area contributed by atoms with Crippen molar-refractivity contribution in [2.45, 2.75) is 82.2 Å². The molecule has 2 aliphatic rings. The van der Waals surface area contributed by atoms with Gasteiger partial charge >= 0.3 is 33.5 Å². The van der Waals surface area contributed by atoms with Crippen LogP contribution in [0.15, 0.2) is 0 Å². The normalized spacial score (nSPS) is 30.0. The molecular weight excluding hydrogens is 480 g/mol. The molecule has 190 valence electrons. The molecule has 14 heteroatoms. The van der Waals surface area contributed by atoms with Gasteiger partial charge in [0.15, 0.2) is 0 Å². The lowest BCUT2D eigenvalue weighted by Crippen LogP contribution is -2.55. The Hall–Kier alpha value is -0.730. The molecular formula is C18H26F8O5S. The van der Waals surface area contributed by atoms with Crippen LogP contribution in [0.25, 0.3) is 0 Å². The van der Waals surface area contributed by atoms with E-state index in [-0.39, 0.29) is 12.0 Å². The molecule has 0 radical (unpaired) electrons. The van der Waals surface area contributed by atoms with Crippen LogP contribution < -0.4 is 0 Å². The highest BCUT2D eigenvalue weighted by Gasteiger charge is 2.73. The fraction of sp³-hybridized carbons (Fsp3) is 1.00. The van der Waals surface area contributed by atoms with Crippen LogP contribution in [-0.2, 0) is 19.6 Å². The van der Waals surface area contributed by atoms with Crippen molar-refractivity contribution in [2.24, 2.45) is 16.7 Å². The number of ether oxygens (including phenoxy) is 2. The monoisotopic (exact) mass is 506 g/mol. The van der Waals surface area contributed by atoms with E-state index in [4.69, 9.17) is 9.29 Å². The summed E-state index contributed by atoms with van der Waals surface area (Å²) >= 11 is 0. The number of alkyl halides is 8. The summed E-state index contributed by atoms with van der Waals surface area (Å²) in [5, 5.41) is -6.57. The van der Waals surface area contributed by atoms with Crippen LogP contribution in [0.3, 0.4) is 0 Å². The van der Waals surface area contributed by atoms with Crippen molar-refractivity contribution in [3.05, 3.63) is 0 Å². The topological polar surface area (TPSA) is 72.8 Å². The number of fused-ring (bicyclic) bond motifs is 1. The molecule has 2 saturated carbocycles. The van der Waals surface area contributed by atoms with Gasteiger partial charge in [0, 0.05) is 13.0 Å². The number of rotatable bonds is 11. The van der Waals surface area contributed by atoms with E-state index in [0.29, 0.717) is 11.3 Å². The van der Waals surface area contributed by atoms with E-state index in [2.05, 4.69) is 11.7 Å². The zero-order chi connectivity index (χ0) is 24.9. The highest BCUT2D eigenvalue weighted by molar-refractivity contribution is 7.86. The average Bonchev–Trinajstić information content (AvgIpc) is 3.22. The molecule has 2 rings (SSSR count). The fourth-order valence-electron chi connectivity index (χ4n) is 4.18. The molecule has 0 heterocycles. The Morgan fingerprint density at radius 2 is 1.56 bits per heavy atom. The summed E-state index contributed by atoms with van der Waals surface area (Å²) in [6.07, 6.45) is -10.4. The zero-order valence-corrected chi connectivity index (χ0v) is 18.3. The van der Waals surface area contributed by atoms with Gasteiger partial charge in [0.05, 0.1) is 6.61 Å². The maximum absolute atomic E-state index is 13.7. The summed E-state index contributed by atoms with van der Waals surface area (Å²) in [6, 6.07) is 0. The molecule has 0 saturated heterocycles. The van der Waals surface area contributed by atoms with Gasteiger partial charge < -0.3 is 4.74 Å². The Morgan fingerprint density at radius 3 is 2.12 bits per heavy atom. The van der Waals surface area contributed by atoms with E-state index in [9.17, 15) is 43.5 Å². The Bertz CT molecular complexity index is 790. The third-order valence-electron chi connectivity index (χ3n) is 6.38. The van der Waals surface area contributed by atoms with Gasteiger partial charge in [-0.2, -0.15) is 43.5 Å². The molecule has 0 aromatic rings. The standard InChI is InChI=1S/C18H26F8O5S/c1-13(5-3-6-14(2)10-12(14)9-13)11-30-8-4-7-15(19,20)16(21,22)31-17(23,24)18(25,26)32(27,28)29/h12H,3-11H2,1-2H3,(H,27,28,29). The molecule has 32 heavy (non-hydrogen) atoms. The summed E-state index contributed by atoms with van der Waals surface area (Å²) in [6.45, 7) is 3.95. The molecule has 0 aromatic carbocycles. The first kappa shape index (κ1) is 27.5. The first-order chi connectivity index (χ1) is 14.2. The highest BCUT2D eigenvalue weighted by atomic mass is 32.2. The second-order valence-electron chi connectivity index (χ2n) is 9.41. The lowest BCUT2D eigenvalue weighted by atomic mass is 9.82. The summed E-state index contributed by atoms with van der Waals surface area (Å²) < 4.78 is 143. The van der Waals surface area contributed by atoms with Gasteiger partial charge in [-0.3, -0.25) is 4.55 Å². The summed E-state index contributed by atoms with van der Waals surface area (Å²) in [4.78, 5) is 0. The van der Waals surface area contributed by atoms with Gasteiger partial charge in [-0.1, -0.05) is 20.3 Å². The maximum Gasteiger partial charge on any atom is 0.460 e. The van der Waals surface area contributed by atoms with Gasteiger partial charge in [0.1, 0.15) is 0 Å². The van der Waals surface area contributed by atoms with Crippen molar-refractivity contribution in [3.8, 4) is 0 Å². The minimum atomic E-state index is -6.93. The predicted molar refractivity (Wildman–Crippen MR) is 95.3 cm³/mol. The van der Waals surface area contributed by atoms with Crippen LogP contribution in [0.4, 0.5) is 35.1 Å². The molecule has 0 aromatic heterocycles. The molecule has 1 N–H and O–H groups in total. The van der Waals surface area contributed by atoms with Gasteiger partial charge in [-0.05, 0) is 48.9 Å². The second kappa shape index (κ2) is 8.49. The quantitative estimate of drug-likeness (QED) is 0.221. The largest absolute Gasteiger partial charge is 0.460 e. The number of halogens is 8. The lowest BCUT2D eigenvalue weighted by molar-refractivity contribution is -0.456. The fourth-order valence-corrected chi connectivity index (χ4v) is 4.52. The zero-order valence-electron chi connectivity index (χ0n) is 17.5. The van der Waals surface area contributed by atoms with E-state index >= 15 is 0 Å². The molecule has 0 amide bonds.